The number of carbonyl (C=O) groups is 1. The van der Waals surface area contributed by atoms with Gasteiger partial charge in [0.25, 0.3) is 5.91 Å². The maximum atomic E-state index is 13.2. The van der Waals surface area contributed by atoms with Crippen molar-refractivity contribution in [3.8, 4) is 16.9 Å². The van der Waals surface area contributed by atoms with Crippen LogP contribution in [0.5, 0.6) is 0 Å². The molecule has 2 heterocycles. The van der Waals surface area contributed by atoms with Gasteiger partial charge in [0, 0.05) is 47.7 Å². The summed E-state index contributed by atoms with van der Waals surface area (Å²) in [5, 5.41) is 4.78. The highest BCUT2D eigenvalue weighted by Gasteiger charge is 2.31. The highest BCUT2D eigenvalue weighted by atomic mass is 32.2. The van der Waals surface area contributed by atoms with Crippen LogP contribution in [0.4, 0.5) is 18.3 Å². The van der Waals surface area contributed by atoms with Crippen LogP contribution in [0.1, 0.15) is 27.3 Å². The van der Waals surface area contributed by atoms with E-state index in [2.05, 4.69) is 10.3 Å². The predicted octanol–water partition coefficient (Wildman–Crippen LogP) is 5.74. The molecule has 0 aliphatic heterocycles. The van der Waals surface area contributed by atoms with E-state index in [9.17, 15) is 26.4 Å². The summed E-state index contributed by atoms with van der Waals surface area (Å²) >= 11 is 1.20. The van der Waals surface area contributed by atoms with Gasteiger partial charge >= 0.3 is 6.18 Å². The third kappa shape index (κ3) is 5.31. The number of halogens is 3. The van der Waals surface area contributed by atoms with E-state index >= 15 is 0 Å². The molecule has 0 radical (unpaired) electrons. The lowest BCUT2D eigenvalue weighted by Crippen LogP contribution is -2.22. The Kier molecular flexibility index (Phi) is 7.01. The van der Waals surface area contributed by atoms with Gasteiger partial charge in [-0.05, 0) is 62.4 Å². The first-order valence-corrected chi connectivity index (χ1v) is 13.3. The fraction of sp³-hybridized carbons (Fsp3) is 0.200. The summed E-state index contributed by atoms with van der Waals surface area (Å²) in [6, 6.07) is 12.5. The second-order valence-corrected chi connectivity index (χ2v) is 11.5. The van der Waals surface area contributed by atoms with Crippen LogP contribution in [0.25, 0.3) is 16.9 Å². The summed E-state index contributed by atoms with van der Waals surface area (Å²) < 4.78 is 66.9. The molecule has 0 saturated heterocycles. The average molecular weight is 549 g/mol. The van der Waals surface area contributed by atoms with Crippen molar-refractivity contribution in [2.24, 2.45) is 0 Å². The molecule has 0 spiro atoms. The van der Waals surface area contributed by atoms with Crippen LogP contribution in [-0.2, 0) is 16.2 Å². The van der Waals surface area contributed by atoms with Crippen molar-refractivity contribution in [2.75, 3.05) is 19.4 Å². The Balaban J connectivity index is 1.56. The van der Waals surface area contributed by atoms with Gasteiger partial charge in [-0.25, -0.2) is 17.7 Å². The topological polar surface area (TPSA) is 84.3 Å². The zero-order valence-electron chi connectivity index (χ0n) is 20.3. The highest BCUT2D eigenvalue weighted by molar-refractivity contribution is 7.89. The van der Waals surface area contributed by atoms with Gasteiger partial charge in [-0.15, -0.1) is 11.3 Å². The minimum absolute atomic E-state index is 0.0710. The number of anilines is 1. The number of aryl methyl sites for hydroxylation is 1. The van der Waals surface area contributed by atoms with Gasteiger partial charge < -0.3 is 4.57 Å². The molecule has 2 aromatic carbocycles. The molecular formula is C25H23F3N4O3S2. The molecule has 1 amide bonds. The Morgan fingerprint density at radius 3 is 2.35 bits per heavy atom. The number of aromatic nitrogens is 2. The number of nitrogens with one attached hydrogen (secondary N) is 1. The number of hydrogen-bond donors (Lipinski definition) is 1. The molecule has 194 valence electrons. The number of thiazole rings is 1. The van der Waals surface area contributed by atoms with Crippen LogP contribution in [0, 0.1) is 13.8 Å². The molecular weight excluding hydrogens is 525 g/mol. The first-order chi connectivity index (χ1) is 17.3. The van der Waals surface area contributed by atoms with E-state index in [0.717, 1.165) is 27.7 Å². The van der Waals surface area contributed by atoms with Gasteiger partial charge in [0.05, 0.1) is 16.2 Å². The maximum Gasteiger partial charge on any atom is 0.416 e. The lowest BCUT2D eigenvalue weighted by atomic mass is 10.2. The fourth-order valence-electron chi connectivity index (χ4n) is 3.85. The van der Waals surface area contributed by atoms with Gasteiger partial charge in [-0.1, -0.05) is 6.07 Å². The Labute approximate surface area is 216 Å². The summed E-state index contributed by atoms with van der Waals surface area (Å²) in [6.07, 6.45) is -4.45. The molecule has 7 nitrogen and oxygen atoms in total. The van der Waals surface area contributed by atoms with E-state index in [1.807, 2.05) is 6.07 Å². The van der Waals surface area contributed by atoms with E-state index in [1.165, 1.54) is 55.8 Å². The first kappa shape index (κ1) is 26.6. The van der Waals surface area contributed by atoms with E-state index in [4.69, 9.17) is 0 Å². The minimum atomic E-state index is -4.45. The number of amides is 1. The molecule has 0 aliphatic rings. The molecule has 1 N–H and O–H groups in total. The van der Waals surface area contributed by atoms with E-state index in [1.54, 1.807) is 29.9 Å². The maximum absolute atomic E-state index is 13.2. The van der Waals surface area contributed by atoms with Crippen LogP contribution < -0.4 is 5.32 Å². The summed E-state index contributed by atoms with van der Waals surface area (Å²) in [4.78, 5) is 17.2. The average Bonchev–Trinajstić information content (AvgIpc) is 3.41. The Morgan fingerprint density at radius 2 is 1.73 bits per heavy atom. The second-order valence-electron chi connectivity index (χ2n) is 8.47. The Bertz CT molecular complexity index is 1570. The van der Waals surface area contributed by atoms with Gasteiger partial charge in [0.1, 0.15) is 0 Å². The van der Waals surface area contributed by atoms with Crippen molar-refractivity contribution >= 4 is 32.4 Å². The quantitative estimate of drug-likeness (QED) is 0.333. The summed E-state index contributed by atoms with van der Waals surface area (Å²) in [5.41, 5.74) is 2.65. The van der Waals surface area contributed by atoms with Crippen molar-refractivity contribution in [1.29, 1.82) is 0 Å². The predicted molar refractivity (Wildman–Crippen MR) is 137 cm³/mol. The third-order valence-corrected chi connectivity index (χ3v) is 8.35. The van der Waals surface area contributed by atoms with Crippen molar-refractivity contribution in [2.45, 2.75) is 24.9 Å². The lowest BCUT2D eigenvalue weighted by Gasteiger charge is -2.13. The molecule has 0 saturated carbocycles. The normalized spacial score (nSPS) is 12.2. The van der Waals surface area contributed by atoms with Gasteiger partial charge in [0.2, 0.25) is 10.0 Å². The molecule has 0 bridgehead atoms. The number of nitrogens with zero attached hydrogens (tertiary/aromatic N) is 3. The molecule has 4 aromatic rings. The minimum Gasteiger partial charge on any atom is -0.318 e. The first-order valence-electron chi connectivity index (χ1n) is 11.0. The van der Waals surface area contributed by atoms with Crippen LogP contribution in [0.2, 0.25) is 0 Å². The smallest absolute Gasteiger partial charge is 0.318 e. The van der Waals surface area contributed by atoms with E-state index in [0.29, 0.717) is 22.2 Å². The van der Waals surface area contributed by atoms with Crippen LogP contribution in [-0.4, -0.2) is 42.3 Å². The highest BCUT2D eigenvalue weighted by Crippen LogP contribution is 2.34. The molecule has 0 unspecified atom stereocenters. The number of hydrogen-bond acceptors (Lipinski definition) is 5. The van der Waals surface area contributed by atoms with E-state index in [-0.39, 0.29) is 10.5 Å². The van der Waals surface area contributed by atoms with Crippen molar-refractivity contribution in [1.82, 2.24) is 13.9 Å². The molecule has 0 atom stereocenters. The monoisotopic (exact) mass is 548 g/mol. The lowest BCUT2D eigenvalue weighted by molar-refractivity contribution is -0.137. The van der Waals surface area contributed by atoms with Gasteiger partial charge in [-0.2, -0.15) is 13.2 Å². The molecule has 0 aliphatic carbocycles. The standard InChI is InChI=1S/C25H23F3N4O3S2/c1-15-12-21(16(2)32(15)19-7-5-6-18(13-19)25(26,27)28)22-14-36-24(29-22)30-23(33)17-8-10-20(11-9-17)37(34,35)31(3)4/h5-14H,1-4H3,(H,29,30,33). The molecule has 2 aromatic heterocycles. The summed E-state index contributed by atoms with van der Waals surface area (Å²) in [6.45, 7) is 3.59. The molecule has 37 heavy (non-hydrogen) atoms. The van der Waals surface area contributed by atoms with Crippen molar-refractivity contribution in [3.63, 3.8) is 0 Å². The van der Waals surface area contributed by atoms with Crippen LogP contribution in [0.15, 0.2) is 64.9 Å². The van der Waals surface area contributed by atoms with Crippen molar-refractivity contribution < 1.29 is 26.4 Å². The third-order valence-electron chi connectivity index (χ3n) is 5.76. The van der Waals surface area contributed by atoms with Gasteiger partial charge in [-0.3, -0.25) is 10.1 Å². The molecule has 4 rings (SSSR count). The fourth-order valence-corrected chi connectivity index (χ4v) is 5.46. The number of carbonyl (C=O) groups excluding carboxylic acids is 1. The number of alkyl halides is 3. The zero-order valence-corrected chi connectivity index (χ0v) is 21.9. The molecule has 0 fully saturated rings. The number of rotatable bonds is 6. The Morgan fingerprint density at radius 1 is 1.05 bits per heavy atom. The largest absolute Gasteiger partial charge is 0.416 e. The van der Waals surface area contributed by atoms with Crippen LogP contribution in [0.3, 0.4) is 0 Å². The second kappa shape index (κ2) is 9.77. The number of benzene rings is 2. The van der Waals surface area contributed by atoms with Crippen LogP contribution >= 0.6 is 11.3 Å². The number of sulfonamides is 1. The molecule has 12 heteroatoms. The summed E-state index contributed by atoms with van der Waals surface area (Å²) in [7, 11) is -0.760. The Hall–Kier alpha value is -3.48. The van der Waals surface area contributed by atoms with Crippen molar-refractivity contribution in [3.05, 3.63) is 82.5 Å². The zero-order chi connectivity index (χ0) is 27.1. The SMILES string of the molecule is Cc1cc(-c2csc(NC(=O)c3ccc(S(=O)(=O)N(C)C)cc3)n2)c(C)n1-c1cccc(C(F)(F)F)c1. The van der Waals surface area contributed by atoms with Gasteiger partial charge in [0.15, 0.2) is 5.13 Å². The summed E-state index contributed by atoms with van der Waals surface area (Å²) in [5.74, 6) is -0.455. The van der Waals surface area contributed by atoms with E-state index < -0.39 is 27.7 Å².